The highest BCUT2D eigenvalue weighted by Crippen LogP contribution is 2.36. The molecule has 0 bridgehead atoms. The molecule has 3 rings (SSSR count). The van der Waals surface area contributed by atoms with Crippen LogP contribution in [-0.2, 0) is 0 Å². The highest BCUT2D eigenvalue weighted by atomic mass is 79.9. The van der Waals surface area contributed by atoms with Crippen LogP contribution in [0.2, 0.25) is 0 Å². The monoisotopic (exact) mass is 344 g/mol. The summed E-state index contributed by atoms with van der Waals surface area (Å²) in [6.07, 6.45) is 0. The third kappa shape index (κ3) is 2.48. The molecule has 0 amide bonds. The standard InChI is InChI=1S/C18H14BrCl/c1-12-6-8-13(9-7-12)18(20)16-10-11-17(19)15-5-3-2-4-14(15)16/h2-11,18H,1H3. The summed E-state index contributed by atoms with van der Waals surface area (Å²) in [6, 6.07) is 20.9. The Balaban J connectivity index is 2.14. The van der Waals surface area contributed by atoms with E-state index in [0.717, 1.165) is 15.6 Å². The molecule has 0 aliphatic carbocycles. The van der Waals surface area contributed by atoms with E-state index in [-0.39, 0.29) is 5.38 Å². The minimum atomic E-state index is -0.131. The van der Waals surface area contributed by atoms with Crippen molar-refractivity contribution >= 4 is 38.3 Å². The Morgan fingerprint density at radius 1 is 0.850 bits per heavy atom. The Hall–Kier alpha value is -1.31. The van der Waals surface area contributed by atoms with Crippen LogP contribution in [-0.4, -0.2) is 0 Å². The Morgan fingerprint density at radius 3 is 2.20 bits per heavy atom. The van der Waals surface area contributed by atoms with Gasteiger partial charge in [-0.05, 0) is 34.9 Å². The zero-order valence-electron chi connectivity index (χ0n) is 11.1. The third-order valence-corrected chi connectivity index (χ3v) is 4.73. The van der Waals surface area contributed by atoms with Gasteiger partial charge in [0.1, 0.15) is 0 Å². The predicted molar refractivity (Wildman–Crippen MR) is 90.5 cm³/mol. The number of hydrogen-bond acceptors (Lipinski definition) is 0. The molecule has 0 fully saturated rings. The lowest BCUT2D eigenvalue weighted by Crippen LogP contribution is -1.95. The van der Waals surface area contributed by atoms with E-state index in [0.29, 0.717) is 0 Å². The van der Waals surface area contributed by atoms with Crippen LogP contribution in [0.4, 0.5) is 0 Å². The normalized spacial score (nSPS) is 12.6. The third-order valence-electron chi connectivity index (χ3n) is 3.55. The summed E-state index contributed by atoms with van der Waals surface area (Å²) < 4.78 is 1.10. The van der Waals surface area contributed by atoms with Crippen LogP contribution in [0.25, 0.3) is 10.8 Å². The number of hydrogen-bond donors (Lipinski definition) is 0. The molecule has 0 spiro atoms. The van der Waals surface area contributed by atoms with Gasteiger partial charge in [0.25, 0.3) is 0 Å². The van der Waals surface area contributed by atoms with Crippen LogP contribution < -0.4 is 0 Å². The summed E-state index contributed by atoms with van der Waals surface area (Å²) in [5.74, 6) is 0. The van der Waals surface area contributed by atoms with E-state index in [1.54, 1.807) is 0 Å². The van der Waals surface area contributed by atoms with Crippen molar-refractivity contribution in [2.24, 2.45) is 0 Å². The van der Waals surface area contributed by atoms with Crippen LogP contribution in [0, 0.1) is 6.92 Å². The van der Waals surface area contributed by atoms with Crippen LogP contribution in [0.1, 0.15) is 22.1 Å². The molecule has 3 aromatic rings. The molecule has 0 aromatic heterocycles. The molecule has 0 saturated carbocycles. The van der Waals surface area contributed by atoms with Crippen molar-refractivity contribution in [3.05, 3.63) is 81.8 Å². The first-order valence-electron chi connectivity index (χ1n) is 6.54. The zero-order chi connectivity index (χ0) is 14.1. The molecule has 100 valence electrons. The number of fused-ring (bicyclic) bond motifs is 1. The molecule has 0 heterocycles. The fourth-order valence-corrected chi connectivity index (χ4v) is 3.24. The number of alkyl halides is 1. The fraction of sp³-hybridized carbons (Fsp3) is 0.111. The van der Waals surface area contributed by atoms with Gasteiger partial charge in [-0.15, -0.1) is 11.6 Å². The average Bonchev–Trinajstić information content (AvgIpc) is 2.48. The van der Waals surface area contributed by atoms with E-state index < -0.39 is 0 Å². The van der Waals surface area contributed by atoms with Gasteiger partial charge in [-0.1, -0.05) is 76.1 Å². The molecule has 0 nitrogen and oxygen atoms in total. The van der Waals surface area contributed by atoms with Gasteiger partial charge in [-0.3, -0.25) is 0 Å². The summed E-state index contributed by atoms with van der Waals surface area (Å²) in [5.41, 5.74) is 3.53. The quantitative estimate of drug-likeness (QED) is 0.482. The molecule has 0 aliphatic heterocycles. The predicted octanol–water partition coefficient (Wildman–Crippen LogP) is 6.24. The smallest absolute Gasteiger partial charge is 0.0841 e. The Morgan fingerprint density at radius 2 is 1.50 bits per heavy atom. The first-order chi connectivity index (χ1) is 9.66. The second kappa shape index (κ2) is 5.59. The van der Waals surface area contributed by atoms with Gasteiger partial charge in [0.2, 0.25) is 0 Å². The van der Waals surface area contributed by atoms with E-state index in [9.17, 15) is 0 Å². The Labute approximate surface area is 132 Å². The van der Waals surface area contributed by atoms with Gasteiger partial charge in [0.05, 0.1) is 5.38 Å². The van der Waals surface area contributed by atoms with Gasteiger partial charge >= 0.3 is 0 Å². The fourth-order valence-electron chi connectivity index (χ4n) is 2.42. The van der Waals surface area contributed by atoms with E-state index in [1.807, 2.05) is 6.07 Å². The highest BCUT2D eigenvalue weighted by molar-refractivity contribution is 9.10. The molecule has 1 unspecified atom stereocenters. The van der Waals surface area contributed by atoms with E-state index in [2.05, 4.69) is 77.5 Å². The van der Waals surface area contributed by atoms with Gasteiger partial charge in [-0.25, -0.2) is 0 Å². The maximum atomic E-state index is 6.70. The van der Waals surface area contributed by atoms with Crippen molar-refractivity contribution < 1.29 is 0 Å². The molecule has 0 N–H and O–H groups in total. The molecule has 0 aliphatic rings. The van der Waals surface area contributed by atoms with Crippen LogP contribution >= 0.6 is 27.5 Å². The van der Waals surface area contributed by atoms with Crippen molar-refractivity contribution in [1.82, 2.24) is 0 Å². The van der Waals surface area contributed by atoms with Crippen LogP contribution in [0.15, 0.2) is 65.1 Å². The lowest BCUT2D eigenvalue weighted by molar-refractivity contribution is 1.15. The maximum Gasteiger partial charge on any atom is 0.0841 e. The van der Waals surface area contributed by atoms with Gasteiger partial charge in [0, 0.05) is 4.47 Å². The average molecular weight is 346 g/mol. The summed E-state index contributed by atoms with van der Waals surface area (Å²) >= 11 is 10.3. The van der Waals surface area contributed by atoms with Gasteiger partial charge < -0.3 is 0 Å². The van der Waals surface area contributed by atoms with Crippen molar-refractivity contribution in [3.8, 4) is 0 Å². The second-order valence-corrected chi connectivity index (χ2v) is 6.25. The summed E-state index contributed by atoms with van der Waals surface area (Å²) in [7, 11) is 0. The number of rotatable bonds is 2. The highest BCUT2D eigenvalue weighted by Gasteiger charge is 2.14. The van der Waals surface area contributed by atoms with Crippen LogP contribution in [0.3, 0.4) is 0 Å². The Bertz CT molecular complexity index is 747. The number of benzene rings is 3. The molecular weight excluding hydrogens is 332 g/mol. The molecule has 3 aromatic carbocycles. The van der Waals surface area contributed by atoms with E-state index >= 15 is 0 Å². The van der Waals surface area contributed by atoms with Crippen molar-refractivity contribution in [2.75, 3.05) is 0 Å². The van der Waals surface area contributed by atoms with E-state index in [4.69, 9.17) is 11.6 Å². The largest absolute Gasteiger partial charge is 0.113 e. The Kier molecular flexibility index (Phi) is 3.82. The number of aryl methyl sites for hydroxylation is 1. The van der Waals surface area contributed by atoms with Crippen molar-refractivity contribution in [3.63, 3.8) is 0 Å². The first kappa shape index (κ1) is 13.7. The van der Waals surface area contributed by atoms with Gasteiger partial charge in [-0.2, -0.15) is 0 Å². The van der Waals surface area contributed by atoms with E-state index in [1.165, 1.54) is 16.3 Å². The molecule has 2 heteroatoms. The van der Waals surface area contributed by atoms with Crippen LogP contribution in [0.5, 0.6) is 0 Å². The van der Waals surface area contributed by atoms with Crippen molar-refractivity contribution in [2.45, 2.75) is 12.3 Å². The maximum absolute atomic E-state index is 6.70. The molecule has 0 radical (unpaired) electrons. The molecule has 20 heavy (non-hydrogen) atoms. The molecule has 1 atom stereocenters. The lowest BCUT2D eigenvalue weighted by atomic mass is 9.97. The summed E-state index contributed by atoms with van der Waals surface area (Å²) in [6.45, 7) is 2.09. The molecule has 0 saturated heterocycles. The topological polar surface area (TPSA) is 0 Å². The number of halogens is 2. The second-order valence-electron chi connectivity index (χ2n) is 4.96. The van der Waals surface area contributed by atoms with Crippen molar-refractivity contribution in [1.29, 1.82) is 0 Å². The SMILES string of the molecule is Cc1ccc(C(Cl)c2ccc(Br)c3ccccc23)cc1. The minimum Gasteiger partial charge on any atom is -0.113 e. The first-order valence-corrected chi connectivity index (χ1v) is 7.77. The summed E-state index contributed by atoms with van der Waals surface area (Å²) in [4.78, 5) is 0. The molecular formula is C18H14BrCl. The summed E-state index contributed by atoms with van der Waals surface area (Å²) in [5, 5.41) is 2.26. The van der Waals surface area contributed by atoms with Gasteiger partial charge in [0.15, 0.2) is 0 Å². The lowest BCUT2D eigenvalue weighted by Gasteiger charge is -2.14. The minimum absolute atomic E-state index is 0.131. The zero-order valence-corrected chi connectivity index (χ0v) is 13.4.